The van der Waals surface area contributed by atoms with Crippen LogP contribution in [0.2, 0.25) is 0 Å². The van der Waals surface area contributed by atoms with Gasteiger partial charge in [-0.3, -0.25) is 0 Å². The Balaban J connectivity index is 2.03. The van der Waals surface area contributed by atoms with E-state index in [1.807, 2.05) is 6.20 Å². The first-order valence-corrected chi connectivity index (χ1v) is 7.65. The van der Waals surface area contributed by atoms with Gasteiger partial charge in [-0.25, -0.2) is 9.97 Å². The van der Waals surface area contributed by atoms with Crippen LogP contribution in [0.5, 0.6) is 0 Å². The number of nitrogens with zero attached hydrogens (tertiary/aromatic N) is 2. The predicted molar refractivity (Wildman–Crippen MR) is 82.6 cm³/mol. The van der Waals surface area contributed by atoms with Gasteiger partial charge in [-0.2, -0.15) is 0 Å². The first-order chi connectivity index (χ1) is 10.2. The Labute approximate surface area is 124 Å². The van der Waals surface area contributed by atoms with Crippen LogP contribution < -0.4 is 11.1 Å². The molecule has 5 N–H and O–H groups in total. The lowest BCUT2D eigenvalue weighted by molar-refractivity contribution is 0.211. The molecule has 3 heterocycles. The molecule has 2 aromatic heterocycles. The van der Waals surface area contributed by atoms with Gasteiger partial charge in [0.25, 0.3) is 0 Å². The quantitative estimate of drug-likeness (QED) is 0.685. The van der Waals surface area contributed by atoms with Crippen molar-refractivity contribution in [3.05, 3.63) is 18.1 Å². The average molecular weight is 289 g/mol. The minimum atomic E-state index is 0.147. The van der Waals surface area contributed by atoms with Crippen molar-refractivity contribution in [2.24, 2.45) is 11.8 Å². The van der Waals surface area contributed by atoms with Gasteiger partial charge in [0, 0.05) is 23.8 Å². The fourth-order valence-electron chi connectivity index (χ4n) is 3.87. The highest BCUT2D eigenvalue weighted by Gasteiger charge is 2.42. The van der Waals surface area contributed by atoms with Crippen molar-refractivity contribution in [1.29, 1.82) is 0 Å². The lowest BCUT2D eigenvalue weighted by Crippen LogP contribution is -2.31. The summed E-state index contributed by atoms with van der Waals surface area (Å²) < 4.78 is 0. The molecule has 6 heteroatoms. The molecule has 1 aliphatic rings. The van der Waals surface area contributed by atoms with Crippen molar-refractivity contribution in [1.82, 2.24) is 20.3 Å². The summed E-state index contributed by atoms with van der Waals surface area (Å²) >= 11 is 0. The van der Waals surface area contributed by atoms with Crippen LogP contribution in [0.3, 0.4) is 0 Å². The first-order valence-electron chi connectivity index (χ1n) is 7.65. The van der Waals surface area contributed by atoms with Gasteiger partial charge in [0.2, 0.25) is 0 Å². The summed E-state index contributed by atoms with van der Waals surface area (Å²) in [5.41, 5.74) is 8.70. The zero-order chi connectivity index (χ0) is 15.0. The number of hydrogen-bond acceptors (Lipinski definition) is 5. The number of aliphatic hydroxyl groups is 1. The van der Waals surface area contributed by atoms with Gasteiger partial charge in [-0.1, -0.05) is 26.7 Å². The van der Waals surface area contributed by atoms with Gasteiger partial charge >= 0.3 is 0 Å². The van der Waals surface area contributed by atoms with E-state index in [1.165, 1.54) is 6.33 Å². The fraction of sp³-hybridized carbons (Fsp3) is 0.600. The van der Waals surface area contributed by atoms with Crippen molar-refractivity contribution >= 4 is 16.9 Å². The van der Waals surface area contributed by atoms with Gasteiger partial charge in [0.15, 0.2) is 5.82 Å². The first kappa shape index (κ1) is 14.3. The molecule has 4 atom stereocenters. The van der Waals surface area contributed by atoms with Gasteiger partial charge in [0.1, 0.15) is 11.8 Å². The molecule has 2 aromatic rings. The molecule has 3 rings (SSSR count). The van der Waals surface area contributed by atoms with E-state index in [0.717, 1.165) is 29.4 Å². The van der Waals surface area contributed by atoms with Gasteiger partial charge in [0.05, 0.1) is 12.1 Å². The van der Waals surface area contributed by atoms with Crippen LogP contribution in [0, 0.1) is 11.8 Å². The van der Waals surface area contributed by atoms with Crippen molar-refractivity contribution in [3.63, 3.8) is 0 Å². The molecule has 21 heavy (non-hydrogen) atoms. The molecule has 1 saturated heterocycles. The van der Waals surface area contributed by atoms with E-state index in [2.05, 4.69) is 34.1 Å². The van der Waals surface area contributed by atoms with E-state index < -0.39 is 0 Å². The minimum absolute atomic E-state index is 0.147. The second-order valence-electron chi connectivity index (χ2n) is 5.80. The van der Waals surface area contributed by atoms with E-state index in [-0.39, 0.29) is 18.7 Å². The van der Waals surface area contributed by atoms with Crippen LogP contribution in [0.4, 0.5) is 5.82 Å². The van der Waals surface area contributed by atoms with Crippen molar-refractivity contribution in [2.75, 3.05) is 12.3 Å². The summed E-state index contributed by atoms with van der Waals surface area (Å²) in [6, 6.07) is 0.342. The number of hydrogen-bond donors (Lipinski definition) is 4. The monoisotopic (exact) mass is 289 g/mol. The molecule has 0 aromatic carbocycles. The van der Waals surface area contributed by atoms with Gasteiger partial charge in [-0.15, -0.1) is 0 Å². The zero-order valence-electron chi connectivity index (χ0n) is 12.5. The minimum Gasteiger partial charge on any atom is -0.395 e. The molecule has 6 nitrogen and oxygen atoms in total. The van der Waals surface area contributed by atoms with Crippen LogP contribution in [-0.4, -0.2) is 32.7 Å². The summed E-state index contributed by atoms with van der Waals surface area (Å²) in [7, 11) is 0. The second kappa shape index (κ2) is 5.61. The predicted octanol–water partition coefficient (Wildman–Crippen LogP) is 1.60. The zero-order valence-corrected chi connectivity index (χ0v) is 12.5. The number of rotatable bonds is 4. The van der Waals surface area contributed by atoms with E-state index >= 15 is 0 Å². The third kappa shape index (κ3) is 2.18. The summed E-state index contributed by atoms with van der Waals surface area (Å²) in [4.78, 5) is 11.6. The standard InChI is InChI=1S/C15H23N5O/c1-3-8-9(4-2)12(20-11(8)6-21)10-5-17-14-13(10)18-7-19-15(14)16/h5,7-9,11-12,17,20-21H,3-4,6H2,1-2H3,(H2,16,18,19)/t8-,9+,11+,12+/m0/s1. The molecular weight excluding hydrogens is 266 g/mol. The summed E-state index contributed by atoms with van der Waals surface area (Å²) in [6.07, 6.45) is 5.61. The molecule has 0 unspecified atom stereocenters. The van der Waals surface area contributed by atoms with Crippen molar-refractivity contribution in [3.8, 4) is 0 Å². The van der Waals surface area contributed by atoms with E-state index in [9.17, 15) is 5.11 Å². The Kier molecular flexibility index (Phi) is 3.82. The largest absolute Gasteiger partial charge is 0.395 e. The highest BCUT2D eigenvalue weighted by Crippen LogP contribution is 2.42. The number of fused-ring (bicyclic) bond motifs is 1. The highest BCUT2D eigenvalue weighted by molar-refractivity contribution is 5.87. The van der Waals surface area contributed by atoms with Crippen LogP contribution in [0.25, 0.3) is 11.0 Å². The number of aliphatic hydroxyl groups excluding tert-OH is 1. The summed E-state index contributed by atoms with van der Waals surface area (Å²) in [5, 5.41) is 13.2. The van der Waals surface area contributed by atoms with Crippen molar-refractivity contribution in [2.45, 2.75) is 38.8 Å². The van der Waals surface area contributed by atoms with E-state index in [1.54, 1.807) is 0 Å². The molecule has 0 bridgehead atoms. The fourth-order valence-corrected chi connectivity index (χ4v) is 3.87. The normalized spacial score (nSPS) is 29.3. The number of aromatic amines is 1. The number of nitrogen functional groups attached to an aromatic ring is 1. The molecule has 0 amide bonds. The number of anilines is 1. The molecule has 1 fully saturated rings. The number of nitrogens with two attached hydrogens (primary N) is 1. The topological polar surface area (TPSA) is 99.8 Å². The van der Waals surface area contributed by atoms with Crippen LogP contribution >= 0.6 is 0 Å². The SMILES string of the molecule is CC[C@@H]1[C@H](CC)[C@@H](CO)N[C@H]1c1c[nH]c2c(N)ncnc12. The average Bonchev–Trinajstić information content (AvgIpc) is 3.07. The Morgan fingerprint density at radius 1 is 1.24 bits per heavy atom. The van der Waals surface area contributed by atoms with E-state index in [0.29, 0.717) is 17.7 Å². The smallest absolute Gasteiger partial charge is 0.151 e. The molecule has 114 valence electrons. The summed E-state index contributed by atoms with van der Waals surface area (Å²) in [6.45, 7) is 4.57. The number of aromatic nitrogens is 3. The number of nitrogens with one attached hydrogen (secondary N) is 2. The highest BCUT2D eigenvalue weighted by atomic mass is 16.3. The Morgan fingerprint density at radius 3 is 2.67 bits per heavy atom. The maximum Gasteiger partial charge on any atom is 0.151 e. The van der Waals surface area contributed by atoms with Crippen LogP contribution in [-0.2, 0) is 0 Å². The Morgan fingerprint density at radius 2 is 2.00 bits per heavy atom. The van der Waals surface area contributed by atoms with Crippen LogP contribution in [0.15, 0.2) is 12.5 Å². The molecule has 1 aliphatic heterocycles. The summed E-state index contributed by atoms with van der Waals surface area (Å²) in [5.74, 6) is 1.44. The Hall–Kier alpha value is -1.66. The molecule has 0 radical (unpaired) electrons. The molecule has 0 spiro atoms. The maximum atomic E-state index is 9.64. The van der Waals surface area contributed by atoms with Crippen molar-refractivity contribution < 1.29 is 5.11 Å². The third-order valence-corrected chi connectivity index (χ3v) is 4.89. The lowest BCUT2D eigenvalue weighted by Gasteiger charge is -2.22. The van der Waals surface area contributed by atoms with Gasteiger partial charge in [-0.05, 0) is 11.8 Å². The molecule has 0 saturated carbocycles. The lowest BCUT2D eigenvalue weighted by atomic mass is 9.81. The van der Waals surface area contributed by atoms with Crippen LogP contribution in [0.1, 0.15) is 38.3 Å². The third-order valence-electron chi connectivity index (χ3n) is 4.89. The van der Waals surface area contributed by atoms with E-state index in [4.69, 9.17) is 5.73 Å². The molecular formula is C15H23N5O. The molecule has 0 aliphatic carbocycles. The Bertz CT molecular complexity index is 626. The number of H-pyrrole nitrogens is 1. The second-order valence-corrected chi connectivity index (χ2v) is 5.80. The maximum absolute atomic E-state index is 9.64. The van der Waals surface area contributed by atoms with Gasteiger partial charge < -0.3 is 21.1 Å².